The van der Waals surface area contributed by atoms with Gasteiger partial charge in [0.05, 0.1) is 12.0 Å². The molecule has 15 heavy (non-hydrogen) atoms. The fraction of sp³-hybridized carbons (Fsp3) is 0.800. The molecule has 0 saturated heterocycles. The number of nitrogens with two attached hydrogens (primary N) is 1. The molecule has 0 unspecified atom stereocenters. The summed E-state index contributed by atoms with van der Waals surface area (Å²) in [6.07, 6.45) is 1.06. The molecule has 0 atom stereocenters. The molecule has 0 radical (unpaired) electrons. The average Bonchev–Trinajstić information content (AvgIpc) is 2.23. The molecule has 0 aromatic heterocycles. The number of likely N-dealkylation sites (N-methyl/N-ethyl adjacent to an activating group) is 1. The number of carboxylic acid groups (broad SMARTS) is 1. The highest BCUT2D eigenvalue weighted by atomic mass is 16.4. The van der Waals surface area contributed by atoms with Gasteiger partial charge in [0.15, 0.2) is 0 Å². The number of hydrogen-bond donors (Lipinski definition) is 2. The van der Waals surface area contributed by atoms with E-state index in [-0.39, 0.29) is 18.9 Å². The summed E-state index contributed by atoms with van der Waals surface area (Å²) in [5.41, 5.74) is 5.05. The first-order chi connectivity index (χ1) is 6.87. The maximum Gasteiger partial charge on any atom is 0.305 e. The van der Waals surface area contributed by atoms with Crippen molar-refractivity contribution in [3.63, 3.8) is 0 Å². The van der Waals surface area contributed by atoms with Gasteiger partial charge >= 0.3 is 5.97 Å². The Hall–Kier alpha value is -1.10. The van der Waals surface area contributed by atoms with Crippen LogP contribution in [0.25, 0.3) is 0 Å². The van der Waals surface area contributed by atoms with Gasteiger partial charge in [0.25, 0.3) is 0 Å². The Morgan fingerprint density at radius 2 is 1.80 bits per heavy atom. The molecule has 3 N–H and O–H groups in total. The van der Waals surface area contributed by atoms with Crippen molar-refractivity contribution in [2.45, 2.75) is 38.6 Å². The maximum atomic E-state index is 11.8. The molecule has 0 spiro atoms. The Kier molecular flexibility index (Phi) is 5.28. The van der Waals surface area contributed by atoms with E-state index in [1.165, 1.54) is 4.90 Å². The molecule has 0 aliphatic rings. The number of nitrogens with zero attached hydrogens (tertiary/aromatic N) is 1. The van der Waals surface area contributed by atoms with Gasteiger partial charge in [0.2, 0.25) is 5.91 Å². The Morgan fingerprint density at radius 3 is 2.13 bits per heavy atom. The third-order valence-corrected chi connectivity index (χ3v) is 2.70. The summed E-state index contributed by atoms with van der Waals surface area (Å²) in [6, 6.07) is 0. The highest BCUT2D eigenvalue weighted by molar-refractivity contribution is 5.86. The van der Waals surface area contributed by atoms with Gasteiger partial charge in [0.1, 0.15) is 0 Å². The lowest BCUT2D eigenvalue weighted by Gasteiger charge is -2.30. The van der Waals surface area contributed by atoms with Gasteiger partial charge in [-0.15, -0.1) is 0 Å². The zero-order valence-corrected chi connectivity index (χ0v) is 9.62. The molecule has 0 aromatic carbocycles. The average molecular weight is 216 g/mol. The molecule has 0 fully saturated rings. The van der Waals surface area contributed by atoms with Crippen LogP contribution < -0.4 is 5.73 Å². The van der Waals surface area contributed by atoms with Crippen LogP contribution in [0.1, 0.15) is 33.1 Å². The second kappa shape index (κ2) is 5.70. The topological polar surface area (TPSA) is 83.6 Å². The molecule has 5 nitrogen and oxygen atoms in total. The maximum absolute atomic E-state index is 11.8. The zero-order valence-electron chi connectivity index (χ0n) is 9.62. The van der Waals surface area contributed by atoms with Crippen LogP contribution in [0.3, 0.4) is 0 Å². The number of carbonyl (C=O) groups excluding carboxylic acids is 1. The largest absolute Gasteiger partial charge is 0.481 e. The lowest BCUT2D eigenvalue weighted by Crippen LogP contribution is -2.53. The molecule has 0 bridgehead atoms. The van der Waals surface area contributed by atoms with Gasteiger partial charge in [-0.25, -0.2) is 0 Å². The van der Waals surface area contributed by atoms with Crippen molar-refractivity contribution in [1.29, 1.82) is 0 Å². The molecule has 0 rings (SSSR count). The highest BCUT2D eigenvalue weighted by Gasteiger charge is 2.32. The van der Waals surface area contributed by atoms with Crippen LogP contribution in [0.5, 0.6) is 0 Å². The van der Waals surface area contributed by atoms with Gasteiger partial charge in [0, 0.05) is 13.6 Å². The number of carboxylic acids is 1. The SMILES string of the molecule is CCC(N)(CC)C(=O)N(C)CCC(=O)O. The third-order valence-electron chi connectivity index (χ3n) is 2.70. The van der Waals surface area contributed by atoms with Crippen LogP contribution in [0.15, 0.2) is 0 Å². The molecular formula is C10H20N2O3. The van der Waals surface area contributed by atoms with Gasteiger partial charge in [-0.2, -0.15) is 0 Å². The van der Waals surface area contributed by atoms with Crippen molar-refractivity contribution in [1.82, 2.24) is 4.90 Å². The predicted molar refractivity (Wildman–Crippen MR) is 57.4 cm³/mol. The molecule has 0 aliphatic carbocycles. The molecule has 0 heterocycles. The van der Waals surface area contributed by atoms with Crippen LogP contribution in [0.2, 0.25) is 0 Å². The summed E-state index contributed by atoms with van der Waals surface area (Å²) < 4.78 is 0. The van der Waals surface area contributed by atoms with Crippen molar-refractivity contribution in [2.24, 2.45) is 5.73 Å². The van der Waals surface area contributed by atoms with E-state index in [1.54, 1.807) is 7.05 Å². The van der Waals surface area contributed by atoms with Gasteiger partial charge in [-0.3, -0.25) is 9.59 Å². The Balaban J connectivity index is 4.36. The van der Waals surface area contributed by atoms with E-state index in [0.29, 0.717) is 12.8 Å². The zero-order chi connectivity index (χ0) is 12.1. The minimum absolute atomic E-state index is 0.0499. The van der Waals surface area contributed by atoms with E-state index >= 15 is 0 Å². The van der Waals surface area contributed by atoms with Crippen molar-refractivity contribution >= 4 is 11.9 Å². The fourth-order valence-electron chi connectivity index (χ4n) is 1.30. The van der Waals surface area contributed by atoms with Crippen molar-refractivity contribution in [3.8, 4) is 0 Å². The van der Waals surface area contributed by atoms with Crippen molar-refractivity contribution in [3.05, 3.63) is 0 Å². The summed E-state index contributed by atoms with van der Waals surface area (Å²) in [5, 5.41) is 8.49. The number of amides is 1. The summed E-state index contributed by atoms with van der Waals surface area (Å²) >= 11 is 0. The molecule has 1 amide bonds. The molecule has 0 aromatic rings. The predicted octanol–water partition coefficient (Wildman–Crippen LogP) is 0.437. The smallest absolute Gasteiger partial charge is 0.305 e. The molecule has 5 heteroatoms. The quantitative estimate of drug-likeness (QED) is 0.674. The molecule has 0 saturated carbocycles. The van der Waals surface area contributed by atoms with Crippen molar-refractivity contribution < 1.29 is 14.7 Å². The second-order valence-corrected chi connectivity index (χ2v) is 3.73. The fourth-order valence-corrected chi connectivity index (χ4v) is 1.30. The summed E-state index contributed by atoms with van der Waals surface area (Å²) in [6.45, 7) is 3.91. The Bertz CT molecular complexity index is 237. The molecule has 88 valence electrons. The van der Waals surface area contributed by atoms with E-state index in [0.717, 1.165) is 0 Å². The number of hydrogen-bond acceptors (Lipinski definition) is 3. The lowest BCUT2D eigenvalue weighted by atomic mass is 9.92. The lowest BCUT2D eigenvalue weighted by molar-refractivity contribution is -0.139. The van der Waals surface area contributed by atoms with Crippen LogP contribution in [-0.2, 0) is 9.59 Å². The van der Waals surface area contributed by atoms with Gasteiger partial charge < -0.3 is 15.7 Å². The molecular weight excluding hydrogens is 196 g/mol. The monoisotopic (exact) mass is 216 g/mol. The van der Waals surface area contributed by atoms with E-state index < -0.39 is 11.5 Å². The van der Waals surface area contributed by atoms with Crippen LogP contribution in [0, 0.1) is 0 Å². The first-order valence-corrected chi connectivity index (χ1v) is 5.13. The van der Waals surface area contributed by atoms with Gasteiger partial charge in [-0.1, -0.05) is 13.8 Å². The summed E-state index contributed by atoms with van der Waals surface area (Å²) in [4.78, 5) is 23.6. The number of aliphatic carboxylic acids is 1. The van der Waals surface area contributed by atoms with Crippen molar-refractivity contribution in [2.75, 3.05) is 13.6 Å². The number of rotatable bonds is 6. The third kappa shape index (κ3) is 3.87. The minimum atomic E-state index is -0.912. The highest BCUT2D eigenvalue weighted by Crippen LogP contribution is 2.14. The summed E-state index contributed by atoms with van der Waals surface area (Å²) in [7, 11) is 1.58. The first-order valence-electron chi connectivity index (χ1n) is 5.13. The Labute approximate surface area is 90.2 Å². The van der Waals surface area contributed by atoms with Crippen LogP contribution in [0.4, 0.5) is 0 Å². The Morgan fingerprint density at radius 1 is 1.33 bits per heavy atom. The normalized spacial score (nSPS) is 11.2. The van der Waals surface area contributed by atoms with E-state index in [9.17, 15) is 9.59 Å². The van der Waals surface area contributed by atoms with E-state index in [2.05, 4.69) is 0 Å². The van der Waals surface area contributed by atoms with Gasteiger partial charge in [-0.05, 0) is 12.8 Å². The summed E-state index contributed by atoms with van der Waals surface area (Å²) in [5.74, 6) is -1.10. The van der Waals surface area contributed by atoms with Crippen LogP contribution >= 0.6 is 0 Å². The second-order valence-electron chi connectivity index (χ2n) is 3.73. The molecule has 0 aliphatic heterocycles. The number of carbonyl (C=O) groups is 2. The standard InChI is InChI=1S/C10H20N2O3/c1-4-10(11,5-2)9(15)12(3)7-6-8(13)14/h4-7,11H2,1-3H3,(H,13,14). The van der Waals surface area contributed by atoms with E-state index in [1.807, 2.05) is 13.8 Å². The van der Waals surface area contributed by atoms with Crippen LogP contribution in [-0.4, -0.2) is 41.0 Å². The first kappa shape index (κ1) is 13.9. The van der Waals surface area contributed by atoms with E-state index in [4.69, 9.17) is 10.8 Å². The minimum Gasteiger partial charge on any atom is -0.481 e.